The van der Waals surface area contributed by atoms with Crippen molar-refractivity contribution in [1.82, 2.24) is 15.5 Å². The number of aliphatic hydroxyl groups excluding tert-OH is 3. The molecular weight excluding hydrogens is 494 g/mol. The van der Waals surface area contributed by atoms with Crippen molar-refractivity contribution in [3.63, 3.8) is 0 Å². The van der Waals surface area contributed by atoms with Gasteiger partial charge >= 0.3 is 0 Å². The van der Waals surface area contributed by atoms with Crippen LogP contribution in [0, 0.1) is 5.92 Å². The highest BCUT2D eigenvalue weighted by Gasteiger charge is 2.49. The number of ether oxygens (including phenoxy) is 2. The number of alkyl halides is 1. The predicted molar refractivity (Wildman–Crippen MR) is 134 cm³/mol. The molecule has 0 aliphatic carbocycles. The van der Waals surface area contributed by atoms with Crippen LogP contribution in [0.5, 0.6) is 0 Å². The molecule has 3 aliphatic heterocycles. The number of aliphatic hydroxyl groups is 3. The molecule has 1 aromatic rings. The Morgan fingerprint density at radius 2 is 2.00 bits per heavy atom. The zero-order chi connectivity index (χ0) is 25.1. The average Bonchev–Trinajstić information content (AvgIpc) is 3.13. The quantitative estimate of drug-likeness (QED) is 0.304. The van der Waals surface area contributed by atoms with E-state index in [0.717, 1.165) is 19.6 Å². The molecule has 1 aromatic carbocycles. The number of carbonyl (C=O) groups excluding carboxylic acids is 1. The van der Waals surface area contributed by atoms with Crippen molar-refractivity contribution < 1.29 is 29.6 Å². The summed E-state index contributed by atoms with van der Waals surface area (Å²) in [6, 6.07) is 8.95. The molecule has 1 amide bonds. The summed E-state index contributed by atoms with van der Waals surface area (Å²) in [6.07, 6.45) is -3.57. The third-order valence-electron chi connectivity index (χ3n) is 7.13. The third-order valence-corrected chi connectivity index (χ3v) is 8.26. The van der Waals surface area contributed by atoms with E-state index in [1.165, 1.54) is 17.3 Å². The minimum Gasteiger partial charge on any atom is -0.388 e. The van der Waals surface area contributed by atoms with E-state index in [2.05, 4.69) is 27.7 Å². The van der Waals surface area contributed by atoms with E-state index in [-0.39, 0.29) is 17.9 Å². The van der Waals surface area contributed by atoms with Crippen LogP contribution >= 0.6 is 23.4 Å². The second-order valence-corrected chi connectivity index (χ2v) is 11.2. The Bertz CT molecular complexity index is 837. The third kappa shape index (κ3) is 6.14. The topological polar surface area (TPSA) is 124 Å². The van der Waals surface area contributed by atoms with Gasteiger partial charge in [-0.1, -0.05) is 30.3 Å². The summed E-state index contributed by atoms with van der Waals surface area (Å²) in [7, 11) is 0. The fourth-order valence-electron chi connectivity index (χ4n) is 5.23. The normalized spacial score (nSPS) is 37.8. The van der Waals surface area contributed by atoms with E-state index in [4.69, 9.17) is 21.1 Å². The van der Waals surface area contributed by atoms with Crippen molar-refractivity contribution in [3.8, 4) is 0 Å². The molecule has 5 N–H and O–H groups in total. The summed E-state index contributed by atoms with van der Waals surface area (Å²) in [5.41, 5.74) is 0.495. The first-order chi connectivity index (χ1) is 16.8. The first kappa shape index (κ1) is 27.1. The summed E-state index contributed by atoms with van der Waals surface area (Å²) in [5.74, 6) is -0.137. The van der Waals surface area contributed by atoms with Crippen molar-refractivity contribution in [2.45, 2.75) is 66.9 Å². The van der Waals surface area contributed by atoms with Gasteiger partial charge in [0, 0.05) is 32.1 Å². The Kier molecular flexibility index (Phi) is 9.34. The van der Waals surface area contributed by atoms with Crippen LogP contribution < -0.4 is 10.6 Å². The highest BCUT2D eigenvalue weighted by atomic mass is 35.5. The fraction of sp³-hybridized carbons (Fsp3) is 0.708. The van der Waals surface area contributed by atoms with Crippen molar-refractivity contribution in [3.05, 3.63) is 35.9 Å². The van der Waals surface area contributed by atoms with E-state index in [9.17, 15) is 20.1 Å². The van der Waals surface area contributed by atoms with Gasteiger partial charge in [0.15, 0.2) is 0 Å². The maximum atomic E-state index is 13.4. The number of hydrogen-bond donors (Lipinski definition) is 5. The van der Waals surface area contributed by atoms with Gasteiger partial charge in [-0.25, -0.2) is 0 Å². The van der Waals surface area contributed by atoms with Crippen LogP contribution in [-0.2, 0) is 20.8 Å². The number of rotatable bonds is 7. The number of nitrogens with zero attached hydrogens (tertiary/aromatic N) is 1. The monoisotopic (exact) mass is 529 g/mol. The first-order valence-electron chi connectivity index (χ1n) is 12.1. The maximum absolute atomic E-state index is 13.4. The highest BCUT2D eigenvalue weighted by Crippen LogP contribution is 2.31. The lowest BCUT2D eigenvalue weighted by Crippen LogP contribution is -2.65. The number of fused-ring (bicyclic) bond motifs is 1. The summed E-state index contributed by atoms with van der Waals surface area (Å²) in [5, 5.41) is 36.7. The minimum atomic E-state index is -1.41. The molecule has 0 spiro atoms. The number of nitrogens with one attached hydrogen (secondary N) is 2. The standard InChI is InChI=1S/C24H36ClN3O6S/c1-13(25)16(22-19(30)18(29)20(31)24(34-22)35-2)27-23(32)17-21-15(10-26-17)12-28(8-9-33-21)11-14-6-4-3-5-7-14/h3-7,13,15-22,24,26,29-31H,8-12H2,1-2H3,(H,27,32)/t13-,15+,16+,17-,18?,19?,20?,21+,22?,24?/m0/s1. The van der Waals surface area contributed by atoms with Crippen molar-refractivity contribution >= 4 is 29.3 Å². The number of hydrogen-bond acceptors (Lipinski definition) is 9. The van der Waals surface area contributed by atoms with E-state index in [1.807, 2.05) is 18.2 Å². The lowest BCUT2D eigenvalue weighted by molar-refractivity contribution is -0.205. The Morgan fingerprint density at radius 1 is 1.26 bits per heavy atom. The van der Waals surface area contributed by atoms with E-state index in [1.54, 1.807) is 13.2 Å². The van der Waals surface area contributed by atoms with Crippen molar-refractivity contribution in [2.75, 3.05) is 32.5 Å². The average molecular weight is 530 g/mol. The summed E-state index contributed by atoms with van der Waals surface area (Å²) >= 11 is 7.63. The summed E-state index contributed by atoms with van der Waals surface area (Å²) in [6.45, 7) is 5.31. The molecule has 3 heterocycles. The SMILES string of the molecule is CSC1OC([C@H](NC(=O)[C@H]2NC[C@@H]3CN(Cc4ccccc4)CCO[C@H]32)[C@H](C)Cl)C(O)C(O)C1O. The number of halogens is 1. The predicted octanol–water partition coefficient (Wildman–Crippen LogP) is -0.242. The fourth-order valence-corrected chi connectivity index (χ4v) is 6.11. The molecule has 3 fully saturated rings. The van der Waals surface area contributed by atoms with Gasteiger partial charge in [0.25, 0.3) is 0 Å². The Morgan fingerprint density at radius 3 is 2.69 bits per heavy atom. The zero-order valence-electron chi connectivity index (χ0n) is 20.0. The van der Waals surface area contributed by atoms with Crippen LogP contribution in [0.3, 0.4) is 0 Å². The lowest BCUT2D eigenvalue weighted by Gasteiger charge is -2.44. The Balaban J connectivity index is 1.40. The zero-order valence-corrected chi connectivity index (χ0v) is 21.6. The summed E-state index contributed by atoms with van der Waals surface area (Å²) in [4.78, 5) is 15.7. The number of thioether (sulfide) groups is 1. The van der Waals surface area contributed by atoms with Gasteiger partial charge in [-0.2, -0.15) is 0 Å². The van der Waals surface area contributed by atoms with E-state index >= 15 is 0 Å². The molecule has 11 heteroatoms. The Hall–Kier alpha value is -0.950. The van der Waals surface area contributed by atoms with Crippen molar-refractivity contribution in [1.29, 1.82) is 0 Å². The molecule has 0 radical (unpaired) electrons. The van der Waals surface area contributed by atoms with Gasteiger partial charge in [-0.3, -0.25) is 9.69 Å². The van der Waals surface area contributed by atoms with Crippen LogP contribution in [0.25, 0.3) is 0 Å². The molecule has 0 aromatic heterocycles. The van der Waals surface area contributed by atoms with E-state index in [0.29, 0.717) is 13.2 Å². The molecule has 35 heavy (non-hydrogen) atoms. The number of carbonyl (C=O) groups is 1. The van der Waals surface area contributed by atoms with Crippen LogP contribution in [0.1, 0.15) is 12.5 Å². The number of benzene rings is 1. The maximum Gasteiger partial charge on any atom is 0.240 e. The molecular formula is C24H36ClN3O6S. The van der Waals surface area contributed by atoms with Crippen LogP contribution in [0.2, 0.25) is 0 Å². The largest absolute Gasteiger partial charge is 0.388 e. The second kappa shape index (κ2) is 12.1. The molecule has 0 saturated carbocycles. The summed E-state index contributed by atoms with van der Waals surface area (Å²) < 4.78 is 12.0. The molecule has 3 saturated heterocycles. The lowest BCUT2D eigenvalue weighted by atomic mass is 9.92. The van der Waals surface area contributed by atoms with Crippen molar-refractivity contribution in [2.24, 2.45) is 5.92 Å². The van der Waals surface area contributed by atoms with Gasteiger partial charge in [0.2, 0.25) is 5.91 Å². The molecule has 3 aliphatic rings. The van der Waals surface area contributed by atoms with Gasteiger partial charge in [-0.05, 0) is 18.7 Å². The highest BCUT2D eigenvalue weighted by molar-refractivity contribution is 7.99. The van der Waals surface area contributed by atoms with Gasteiger partial charge in [-0.15, -0.1) is 23.4 Å². The molecule has 196 valence electrons. The van der Waals surface area contributed by atoms with Crippen LogP contribution in [0.4, 0.5) is 0 Å². The first-order valence-corrected chi connectivity index (χ1v) is 13.8. The molecule has 10 atom stereocenters. The minimum absolute atomic E-state index is 0.151. The Labute approximate surface area is 215 Å². The van der Waals surface area contributed by atoms with E-state index < -0.39 is 47.3 Å². The molecule has 4 rings (SSSR count). The second-order valence-electron chi connectivity index (χ2n) is 9.59. The molecule has 9 nitrogen and oxygen atoms in total. The van der Waals surface area contributed by atoms with Gasteiger partial charge in [0.1, 0.15) is 35.9 Å². The van der Waals surface area contributed by atoms with Gasteiger partial charge < -0.3 is 35.4 Å². The number of amides is 1. The van der Waals surface area contributed by atoms with Crippen LogP contribution in [0.15, 0.2) is 30.3 Å². The molecule has 5 unspecified atom stereocenters. The molecule has 0 bridgehead atoms. The van der Waals surface area contributed by atoms with Gasteiger partial charge in [0.05, 0.1) is 24.1 Å². The van der Waals surface area contributed by atoms with Crippen LogP contribution in [-0.4, -0.2) is 112 Å². The smallest absolute Gasteiger partial charge is 0.240 e.